The highest BCUT2D eigenvalue weighted by Crippen LogP contribution is 2.32. The smallest absolute Gasteiger partial charge is 0.257 e. The van der Waals surface area contributed by atoms with E-state index < -0.39 is 5.82 Å². The minimum Gasteiger partial charge on any atom is -0.353 e. The number of aromatic nitrogens is 1. The molecular formula is C18H20ClFN2O. The third-order valence-corrected chi connectivity index (χ3v) is 4.74. The molecule has 0 radical (unpaired) electrons. The third kappa shape index (κ3) is 3.27. The first-order valence-corrected chi connectivity index (χ1v) is 8.33. The molecule has 1 amide bonds. The maximum absolute atomic E-state index is 14.2. The molecule has 23 heavy (non-hydrogen) atoms. The second-order valence-corrected chi connectivity index (χ2v) is 6.47. The topological polar surface area (TPSA) is 25.2 Å². The Bertz CT molecular complexity index is 713. The first kappa shape index (κ1) is 16.1. The van der Waals surface area contributed by atoms with Gasteiger partial charge in [-0.3, -0.25) is 4.79 Å². The zero-order valence-corrected chi connectivity index (χ0v) is 13.9. The molecule has 1 aliphatic rings. The molecule has 0 aliphatic carbocycles. The molecule has 1 atom stereocenters. The molecule has 0 spiro atoms. The van der Waals surface area contributed by atoms with Crippen LogP contribution < -0.4 is 0 Å². The van der Waals surface area contributed by atoms with E-state index in [1.54, 1.807) is 6.07 Å². The van der Waals surface area contributed by atoms with E-state index in [0.717, 1.165) is 31.4 Å². The molecule has 1 fully saturated rings. The highest BCUT2D eigenvalue weighted by Gasteiger charge is 2.30. The highest BCUT2D eigenvalue weighted by molar-refractivity contribution is 6.30. The summed E-state index contributed by atoms with van der Waals surface area (Å²) in [4.78, 5) is 14.7. The van der Waals surface area contributed by atoms with Gasteiger partial charge in [0.25, 0.3) is 5.91 Å². The molecule has 1 aromatic carbocycles. The average Bonchev–Trinajstić information content (AvgIpc) is 2.80. The van der Waals surface area contributed by atoms with E-state index in [4.69, 9.17) is 11.6 Å². The molecule has 1 aromatic heterocycles. The van der Waals surface area contributed by atoms with Crippen LogP contribution in [0.1, 0.15) is 47.8 Å². The summed E-state index contributed by atoms with van der Waals surface area (Å²) in [5, 5.41) is 0.300. The molecule has 3 rings (SSSR count). The summed E-state index contributed by atoms with van der Waals surface area (Å²) in [7, 11) is 1.98. The second-order valence-electron chi connectivity index (χ2n) is 6.03. The van der Waals surface area contributed by atoms with Crippen LogP contribution in [-0.4, -0.2) is 21.9 Å². The van der Waals surface area contributed by atoms with Gasteiger partial charge in [-0.05, 0) is 43.2 Å². The van der Waals surface area contributed by atoms with E-state index in [1.165, 1.54) is 12.1 Å². The van der Waals surface area contributed by atoms with Crippen LogP contribution in [0.3, 0.4) is 0 Å². The van der Waals surface area contributed by atoms with Crippen LogP contribution in [0.25, 0.3) is 0 Å². The van der Waals surface area contributed by atoms with Crippen LogP contribution in [0.4, 0.5) is 4.39 Å². The zero-order chi connectivity index (χ0) is 16.4. The molecule has 2 heterocycles. The van der Waals surface area contributed by atoms with Gasteiger partial charge in [0.15, 0.2) is 0 Å². The van der Waals surface area contributed by atoms with E-state index in [9.17, 15) is 9.18 Å². The second kappa shape index (κ2) is 6.75. The van der Waals surface area contributed by atoms with E-state index in [0.29, 0.717) is 11.6 Å². The van der Waals surface area contributed by atoms with Gasteiger partial charge in [-0.15, -0.1) is 0 Å². The summed E-state index contributed by atoms with van der Waals surface area (Å²) in [6.07, 6.45) is 5.99. The summed E-state index contributed by atoms with van der Waals surface area (Å²) in [5.74, 6) is -0.815. The minimum atomic E-state index is -0.558. The van der Waals surface area contributed by atoms with Crippen molar-refractivity contribution < 1.29 is 9.18 Å². The van der Waals surface area contributed by atoms with Crippen molar-refractivity contribution in [1.29, 1.82) is 0 Å². The number of carbonyl (C=O) groups is 1. The average molecular weight is 335 g/mol. The van der Waals surface area contributed by atoms with Crippen LogP contribution in [-0.2, 0) is 7.05 Å². The fourth-order valence-corrected chi connectivity index (χ4v) is 3.46. The molecule has 122 valence electrons. The van der Waals surface area contributed by atoms with Gasteiger partial charge in [-0.2, -0.15) is 0 Å². The molecule has 0 N–H and O–H groups in total. The molecule has 2 aromatic rings. The summed E-state index contributed by atoms with van der Waals surface area (Å²) in [6, 6.07) is 8.24. The van der Waals surface area contributed by atoms with Gasteiger partial charge in [-0.25, -0.2) is 4.39 Å². The molecular weight excluding hydrogens is 315 g/mol. The number of benzene rings is 1. The number of amides is 1. The minimum absolute atomic E-state index is 0.0138. The van der Waals surface area contributed by atoms with Gasteiger partial charge in [0.2, 0.25) is 0 Å². The van der Waals surface area contributed by atoms with Crippen molar-refractivity contribution in [1.82, 2.24) is 9.47 Å². The molecule has 1 saturated heterocycles. The Balaban J connectivity index is 1.96. The van der Waals surface area contributed by atoms with Crippen LogP contribution in [0.15, 0.2) is 36.5 Å². The van der Waals surface area contributed by atoms with Crippen LogP contribution in [0.5, 0.6) is 0 Å². The fraction of sp³-hybridized carbons (Fsp3) is 0.389. The Hall–Kier alpha value is -1.81. The lowest BCUT2D eigenvalue weighted by molar-refractivity contribution is 0.0669. The first-order chi connectivity index (χ1) is 11.1. The predicted molar refractivity (Wildman–Crippen MR) is 89.1 cm³/mol. The third-order valence-electron chi connectivity index (χ3n) is 4.50. The molecule has 1 unspecified atom stereocenters. The van der Waals surface area contributed by atoms with Crippen molar-refractivity contribution in [3.8, 4) is 0 Å². The number of halogens is 2. The van der Waals surface area contributed by atoms with Crippen LogP contribution in [0, 0.1) is 5.82 Å². The SMILES string of the molecule is Cn1cccc1C1CCCCCN1C(=O)c1ccc(Cl)cc1F. The number of rotatable bonds is 2. The van der Waals surface area contributed by atoms with E-state index in [-0.39, 0.29) is 17.5 Å². The molecule has 0 saturated carbocycles. The van der Waals surface area contributed by atoms with Crippen LogP contribution >= 0.6 is 11.6 Å². The van der Waals surface area contributed by atoms with Gasteiger partial charge in [0.1, 0.15) is 5.82 Å². The molecule has 3 nitrogen and oxygen atoms in total. The Morgan fingerprint density at radius 1 is 1.26 bits per heavy atom. The van der Waals surface area contributed by atoms with E-state index in [2.05, 4.69) is 0 Å². The summed E-state index contributed by atoms with van der Waals surface area (Å²) in [6.45, 7) is 0.650. The van der Waals surface area contributed by atoms with Gasteiger partial charge in [-0.1, -0.05) is 24.4 Å². The van der Waals surface area contributed by atoms with Gasteiger partial charge < -0.3 is 9.47 Å². The number of carbonyl (C=O) groups excluding carboxylic acids is 1. The Morgan fingerprint density at radius 2 is 2.09 bits per heavy atom. The van der Waals surface area contributed by atoms with E-state index in [1.807, 2.05) is 34.8 Å². The normalized spacial score (nSPS) is 18.7. The van der Waals surface area contributed by atoms with Crippen molar-refractivity contribution in [2.75, 3.05) is 6.54 Å². The van der Waals surface area contributed by atoms with Crippen molar-refractivity contribution in [2.45, 2.75) is 31.7 Å². The summed E-state index contributed by atoms with van der Waals surface area (Å²) in [5.41, 5.74) is 1.19. The van der Waals surface area contributed by atoms with Crippen molar-refractivity contribution in [3.63, 3.8) is 0 Å². The molecule has 1 aliphatic heterocycles. The monoisotopic (exact) mass is 334 g/mol. The lowest BCUT2D eigenvalue weighted by atomic mass is 10.1. The molecule has 0 bridgehead atoms. The lowest BCUT2D eigenvalue weighted by Gasteiger charge is -2.31. The summed E-state index contributed by atoms with van der Waals surface area (Å²) < 4.78 is 16.2. The largest absolute Gasteiger partial charge is 0.353 e. The summed E-state index contributed by atoms with van der Waals surface area (Å²) >= 11 is 5.80. The first-order valence-electron chi connectivity index (χ1n) is 7.95. The van der Waals surface area contributed by atoms with Crippen molar-refractivity contribution in [3.05, 3.63) is 58.6 Å². The number of hydrogen-bond donors (Lipinski definition) is 0. The molecule has 5 heteroatoms. The van der Waals surface area contributed by atoms with Crippen LogP contribution in [0.2, 0.25) is 5.02 Å². The Kier molecular flexibility index (Phi) is 4.71. The Morgan fingerprint density at radius 3 is 2.78 bits per heavy atom. The lowest BCUT2D eigenvalue weighted by Crippen LogP contribution is -2.36. The number of likely N-dealkylation sites (tertiary alicyclic amines) is 1. The fourth-order valence-electron chi connectivity index (χ4n) is 3.30. The van der Waals surface area contributed by atoms with Crippen molar-refractivity contribution >= 4 is 17.5 Å². The Labute approximate surface area is 140 Å². The highest BCUT2D eigenvalue weighted by atomic mass is 35.5. The van der Waals surface area contributed by atoms with Gasteiger partial charge >= 0.3 is 0 Å². The van der Waals surface area contributed by atoms with Gasteiger partial charge in [0.05, 0.1) is 11.6 Å². The zero-order valence-electron chi connectivity index (χ0n) is 13.1. The quantitative estimate of drug-likeness (QED) is 0.789. The number of aryl methyl sites for hydroxylation is 1. The van der Waals surface area contributed by atoms with E-state index >= 15 is 0 Å². The maximum atomic E-state index is 14.2. The van der Waals surface area contributed by atoms with Gasteiger partial charge in [0, 0.05) is 30.5 Å². The maximum Gasteiger partial charge on any atom is 0.257 e. The standard InChI is InChI=1S/C18H20ClFN2O/c1-21-10-5-7-16(21)17-6-3-2-4-11-22(17)18(23)14-9-8-13(19)12-15(14)20/h5,7-10,12,17H,2-4,6,11H2,1H3. The van der Waals surface area contributed by atoms with Crippen molar-refractivity contribution in [2.24, 2.45) is 7.05 Å². The predicted octanol–water partition coefficient (Wildman–Crippen LogP) is 4.58. The number of nitrogens with zero attached hydrogens (tertiary/aromatic N) is 2. The number of hydrogen-bond acceptors (Lipinski definition) is 1.